The highest BCUT2D eigenvalue weighted by Crippen LogP contribution is 2.38. The van der Waals surface area contributed by atoms with Crippen LogP contribution in [-0.2, 0) is 16.1 Å². The van der Waals surface area contributed by atoms with Gasteiger partial charge in [-0.15, -0.1) is 0 Å². The Balaban J connectivity index is 1.62. The molecule has 2 fully saturated rings. The van der Waals surface area contributed by atoms with Gasteiger partial charge in [-0.05, 0) is 44.1 Å². The number of carbonyl (C=O) groups excluding carboxylic acids is 2. The van der Waals surface area contributed by atoms with Crippen molar-refractivity contribution >= 4 is 12.0 Å². The lowest BCUT2D eigenvalue weighted by molar-refractivity contribution is -0.144. The van der Waals surface area contributed by atoms with Crippen LogP contribution in [0, 0.1) is 11.3 Å². The molecule has 3 rings (SSSR count). The van der Waals surface area contributed by atoms with Crippen LogP contribution in [0.25, 0.3) is 0 Å². The molecular weight excluding hydrogens is 318 g/mol. The minimum absolute atomic E-state index is 0.332. The monoisotopic (exact) mass is 341 g/mol. The zero-order valence-electron chi connectivity index (χ0n) is 14.2. The number of nitrogens with zero attached hydrogens (tertiary/aromatic N) is 1. The summed E-state index contributed by atoms with van der Waals surface area (Å²) in [5, 5.41) is 14.7. The number of hydrogen-bond acceptors (Lipinski definition) is 4. The van der Waals surface area contributed by atoms with E-state index in [1.165, 1.54) is 0 Å². The molecule has 0 saturated heterocycles. The number of nitriles is 1. The molecule has 2 N–H and O–H groups in total. The van der Waals surface area contributed by atoms with Crippen molar-refractivity contribution in [2.75, 3.05) is 0 Å². The predicted octanol–water partition coefficient (Wildman–Crippen LogP) is 2.79. The van der Waals surface area contributed by atoms with Crippen LogP contribution in [0.4, 0.5) is 4.79 Å². The van der Waals surface area contributed by atoms with E-state index in [1.54, 1.807) is 0 Å². The van der Waals surface area contributed by atoms with Gasteiger partial charge in [0.2, 0.25) is 0 Å². The molecule has 1 aromatic rings. The molecule has 2 aliphatic rings. The molecule has 2 saturated carbocycles. The third-order valence-electron chi connectivity index (χ3n) is 4.96. The number of nitrogens with one attached hydrogen (secondary N) is 2. The number of amides is 2. The first-order chi connectivity index (χ1) is 12.1. The summed E-state index contributed by atoms with van der Waals surface area (Å²) in [5.74, 6) is -0.332. The van der Waals surface area contributed by atoms with Crippen LogP contribution in [0.15, 0.2) is 30.3 Å². The zero-order chi connectivity index (χ0) is 17.8. The fourth-order valence-electron chi connectivity index (χ4n) is 3.20. The second-order valence-corrected chi connectivity index (χ2v) is 6.93. The molecule has 0 spiro atoms. The first-order valence-electron chi connectivity index (χ1n) is 8.82. The summed E-state index contributed by atoms with van der Waals surface area (Å²) in [4.78, 5) is 25.0. The highest BCUT2D eigenvalue weighted by Gasteiger charge is 2.51. The Morgan fingerprint density at radius 2 is 1.76 bits per heavy atom. The van der Waals surface area contributed by atoms with Gasteiger partial charge in [0.05, 0.1) is 6.07 Å². The summed E-state index contributed by atoms with van der Waals surface area (Å²) in [6.07, 6.45) is 4.41. The third-order valence-corrected chi connectivity index (χ3v) is 4.96. The first kappa shape index (κ1) is 17.3. The van der Waals surface area contributed by atoms with Gasteiger partial charge in [-0.25, -0.2) is 4.79 Å². The van der Waals surface area contributed by atoms with Gasteiger partial charge in [-0.3, -0.25) is 4.79 Å². The average Bonchev–Trinajstić information content (AvgIpc) is 3.41. The number of hydrogen-bond donors (Lipinski definition) is 2. The van der Waals surface area contributed by atoms with Crippen molar-refractivity contribution in [3.8, 4) is 6.07 Å². The molecule has 0 bridgehead atoms. The smallest absolute Gasteiger partial charge is 0.408 e. The molecule has 0 aromatic heterocycles. The van der Waals surface area contributed by atoms with E-state index in [0.717, 1.165) is 24.8 Å². The fourth-order valence-corrected chi connectivity index (χ4v) is 3.20. The van der Waals surface area contributed by atoms with Crippen LogP contribution >= 0.6 is 0 Å². The van der Waals surface area contributed by atoms with E-state index in [1.807, 2.05) is 30.3 Å². The van der Waals surface area contributed by atoms with Crippen molar-refractivity contribution in [1.29, 1.82) is 5.26 Å². The Bertz CT molecular complexity index is 671. The van der Waals surface area contributed by atoms with Crippen LogP contribution in [0.3, 0.4) is 0 Å². The molecule has 0 atom stereocenters. The Hall–Kier alpha value is -2.55. The third kappa shape index (κ3) is 4.11. The van der Waals surface area contributed by atoms with Crippen molar-refractivity contribution < 1.29 is 14.3 Å². The number of ether oxygens (including phenoxy) is 1. The molecule has 2 aliphatic carbocycles. The summed E-state index contributed by atoms with van der Waals surface area (Å²) in [6, 6.07) is 11.7. The average molecular weight is 341 g/mol. The zero-order valence-corrected chi connectivity index (χ0v) is 14.2. The molecule has 6 nitrogen and oxygen atoms in total. The van der Waals surface area contributed by atoms with Gasteiger partial charge in [0.25, 0.3) is 5.91 Å². The first-order valence-corrected chi connectivity index (χ1v) is 8.82. The minimum atomic E-state index is -1.16. The molecule has 25 heavy (non-hydrogen) atoms. The van der Waals surface area contributed by atoms with E-state index in [9.17, 15) is 14.9 Å². The highest BCUT2D eigenvalue weighted by atomic mass is 16.6. The minimum Gasteiger partial charge on any atom is -0.433 e. The maximum absolute atomic E-state index is 12.8. The highest BCUT2D eigenvalue weighted by molar-refractivity contribution is 5.89. The number of alkyl carbamates (subject to hydrolysis) is 1. The maximum Gasteiger partial charge on any atom is 0.408 e. The molecular formula is C19H23N3O3. The molecule has 2 amide bonds. The van der Waals surface area contributed by atoms with Crippen molar-refractivity contribution in [1.82, 2.24) is 10.6 Å². The van der Waals surface area contributed by atoms with Crippen molar-refractivity contribution in [3.63, 3.8) is 0 Å². The largest absolute Gasteiger partial charge is 0.433 e. The van der Waals surface area contributed by atoms with E-state index in [4.69, 9.17) is 4.74 Å². The molecule has 0 unspecified atom stereocenters. The number of carbonyl (C=O) groups is 2. The van der Waals surface area contributed by atoms with Crippen LogP contribution in [0.2, 0.25) is 0 Å². The van der Waals surface area contributed by atoms with E-state index in [0.29, 0.717) is 32.2 Å². The molecule has 6 heteroatoms. The van der Waals surface area contributed by atoms with Gasteiger partial charge in [0, 0.05) is 6.54 Å². The van der Waals surface area contributed by atoms with Gasteiger partial charge in [-0.1, -0.05) is 36.8 Å². The molecule has 0 heterocycles. The van der Waals surface area contributed by atoms with Gasteiger partial charge in [-0.2, -0.15) is 5.26 Å². The molecule has 0 aliphatic heterocycles. The van der Waals surface area contributed by atoms with Gasteiger partial charge < -0.3 is 15.4 Å². The van der Waals surface area contributed by atoms with E-state index in [2.05, 4.69) is 16.7 Å². The van der Waals surface area contributed by atoms with Crippen LogP contribution in [-0.4, -0.2) is 23.1 Å². The Labute approximate surface area is 147 Å². The Morgan fingerprint density at radius 3 is 2.36 bits per heavy atom. The fraction of sp³-hybridized carbons (Fsp3) is 0.526. The predicted molar refractivity (Wildman–Crippen MR) is 91.3 cm³/mol. The van der Waals surface area contributed by atoms with Crippen LogP contribution < -0.4 is 10.6 Å². The van der Waals surface area contributed by atoms with E-state index >= 15 is 0 Å². The van der Waals surface area contributed by atoms with Crippen LogP contribution in [0.5, 0.6) is 0 Å². The molecule has 132 valence electrons. The summed E-state index contributed by atoms with van der Waals surface area (Å²) in [5.41, 5.74) is -0.959. The van der Waals surface area contributed by atoms with Crippen molar-refractivity contribution in [2.45, 2.75) is 62.6 Å². The normalized spacial score (nSPS) is 20.0. The van der Waals surface area contributed by atoms with Crippen molar-refractivity contribution in [2.24, 2.45) is 0 Å². The summed E-state index contributed by atoms with van der Waals surface area (Å²) in [7, 11) is 0. The van der Waals surface area contributed by atoms with Crippen LogP contribution in [0.1, 0.15) is 50.5 Å². The van der Waals surface area contributed by atoms with Crippen molar-refractivity contribution in [3.05, 3.63) is 35.9 Å². The number of benzene rings is 1. The summed E-state index contributed by atoms with van der Waals surface area (Å²) >= 11 is 0. The summed E-state index contributed by atoms with van der Waals surface area (Å²) < 4.78 is 5.61. The Kier molecular flexibility index (Phi) is 4.93. The molecule has 0 radical (unpaired) electrons. The molecule has 1 aromatic carbocycles. The lowest BCUT2D eigenvalue weighted by atomic mass is 9.83. The van der Waals surface area contributed by atoms with E-state index < -0.39 is 17.2 Å². The quantitative estimate of drug-likeness (QED) is 0.861. The maximum atomic E-state index is 12.8. The van der Waals surface area contributed by atoms with Gasteiger partial charge in [0.15, 0.2) is 5.60 Å². The SMILES string of the molecule is N#CC1(NC(=O)C2(OC(=O)NCc3ccccc3)CCCCC2)CC1. The van der Waals surface area contributed by atoms with Gasteiger partial charge in [0.1, 0.15) is 5.54 Å². The lowest BCUT2D eigenvalue weighted by Crippen LogP contribution is -2.55. The summed E-state index contributed by atoms with van der Waals surface area (Å²) in [6.45, 7) is 0.347. The Morgan fingerprint density at radius 1 is 1.08 bits per heavy atom. The second-order valence-electron chi connectivity index (χ2n) is 6.93. The van der Waals surface area contributed by atoms with Gasteiger partial charge >= 0.3 is 6.09 Å². The lowest BCUT2D eigenvalue weighted by Gasteiger charge is -2.35. The standard InChI is InChI=1S/C19H23N3O3/c20-14-18(11-12-18)22-16(23)19(9-5-2-6-10-19)25-17(24)21-13-15-7-3-1-4-8-15/h1,3-4,7-8H,2,5-6,9-13H2,(H,21,24)(H,22,23). The second kappa shape index (κ2) is 7.14. The van der Waals surface area contributed by atoms with E-state index in [-0.39, 0.29) is 5.91 Å². The topological polar surface area (TPSA) is 91.2 Å². The number of rotatable bonds is 5.